The summed E-state index contributed by atoms with van der Waals surface area (Å²) in [6.45, 7) is 6.09. The zero-order chi connectivity index (χ0) is 24.6. The molecule has 180 valence electrons. The fourth-order valence-corrected chi connectivity index (χ4v) is 4.60. The molecule has 2 aromatic rings. The lowest BCUT2D eigenvalue weighted by Crippen LogP contribution is -2.35. The molecule has 0 radical (unpaired) electrons. The second-order valence-electron chi connectivity index (χ2n) is 8.71. The number of carbonyl (C=O) groups is 2. The number of carbonyl (C=O) groups excluding carboxylic acids is 2. The number of sulfonamides is 1. The van der Waals surface area contributed by atoms with Crippen LogP contribution in [0.2, 0.25) is 10.0 Å². The summed E-state index contributed by atoms with van der Waals surface area (Å²) in [6, 6.07) is 5.76. The van der Waals surface area contributed by atoms with Crippen molar-refractivity contribution in [2.75, 3.05) is 43.1 Å². The van der Waals surface area contributed by atoms with Gasteiger partial charge in [0.15, 0.2) is 0 Å². The Morgan fingerprint density at radius 3 is 2.39 bits per heavy atom. The van der Waals surface area contributed by atoms with Gasteiger partial charge in [-0.25, -0.2) is 17.5 Å². The van der Waals surface area contributed by atoms with E-state index in [0.29, 0.717) is 11.4 Å². The first-order valence-electron chi connectivity index (χ1n) is 10.2. The van der Waals surface area contributed by atoms with E-state index in [1.807, 2.05) is 20.8 Å². The second-order valence-corrected chi connectivity index (χ2v) is 11.7. The number of likely N-dealkylation sites (N-methyl/N-ethyl adjacent to an activating group) is 1. The minimum absolute atomic E-state index is 0.0147. The van der Waals surface area contributed by atoms with Crippen LogP contribution in [0.4, 0.5) is 16.2 Å². The zero-order valence-electron chi connectivity index (χ0n) is 18.7. The van der Waals surface area contributed by atoms with Crippen LogP contribution in [0.5, 0.6) is 0 Å². The predicted octanol–water partition coefficient (Wildman–Crippen LogP) is 4.25. The van der Waals surface area contributed by atoms with Gasteiger partial charge in [0.1, 0.15) is 5.76 Å². The van der Waals surface area contributed by atoms with Crippen LogP contribution < -0.4 is 10.6 Å². The SMILES string of the molecule is CN1CCN(C(=O)c2oc(C(C)(C)C)cc2NC(=O)Nc2cccc(Cl)c2Cl)CCS1(=O)=O. The molecule has 33 heavy (non-hydrogen) atoms. The maximum atomic E-state index is 13.3. The van der Waals surface area contributed by atoms with E-state index < -0.39 is 27.4 Å². The average Bonchev–Trinajstić information content (AvgIpc) is 3.09. The van der Waals surface area contributed by atoms with E-state index in [2.05, 4.69) is 10.6 Å². The van der Waals surface area contributed by atoms with Crippen LogP contribution in [-0.2, 0) is 15.4 Å². The number of urea groups is 1. The van der Waals surface area contributed by atoms with Gasteiger partial charge in [-0.05, 0) is 12.1 Å². The van der Waals surface area contributed by atoms with Gasteiger partial charge in [-0.1, -0.05) is 50.0 Å². The molecule has 0 bridgehead atoms. The number of hydrogen-bond acceptors (Lipinski definition) is 5. The van der Waals surface area contributed by atoms with Crippen LogP contribution in [0.1, 0.15) is 37.1 Å². The maximum Gasteiger partial charge on any atom is 0.323 e. The molecule has 1 aromatic carbocycles. The van der Waals surface area contributed by atoms with Crippen LogP contribution in [0, 0.1) is 0 Å². The largest absolute Gasteiger partial charge is 0.453 e. The van der Waals surface area contributed by atoms with Crippen LogP contribution in [-0.4, -0.2) is 62.0 Å². The van der Waals surface area contributed by atoms with E-state index in [4.69, 9.17) is 27.6 Å². The number of anilines is 2. The lowest BCUT2D eigenvalue weighted by atomic mass is 9.93. The Bertz CT molecular complexity index is 1170. The fourth-order valence-electron chi connectivity index (χ4n) is 3.13. The van der Waals surface area contributed by atoms with Gasteiger partial charge in [0, 0.05) is 38.2 Å². The molecule has 0 saturated carbocycles. The van der Waals surface area contributed by atoms with Crippen molar-refractivity contribution < 1.29 is 22.4 Å². The number of rotatable bonds is 3. The van der Waals surface area contributed by atoms with Crippen molar-refractivity contribution >= 4 is 56.5 Å². The van der Waals surface area contributed by atoms with Gasteiger partial charge in [-0.15, -0.1) is 0 Å². The lowest BCUT2D eigenvalue weighted by molar-refractivity contribution is 0.0732. The normalized spacial score (nSPS) is 16.8. The number of nitrogens with zero attached hydrogens (tertiary/aromatic N) is 2. The summed E-state index contributed by atoms with van der Waals surface area (Å²) >= 11 is 12.1. The Labute approximate surface area is 203 Å². The molecular formula is C21H26Cl2N4O5S. The molecule has 3 rings (SSSR count). The first-order chi connectivity index (χ1) is 15.3. The van der Waals surface area contributed by atoms with E-state index >= 15 is 0 Å². The molecule has 0 aliphatic carbocycles. The van der Waals surface area contributed by atoms with Crippen molar-refractivity contribution in [3.63, 3.8) is 0 Å². The van der Waals surface area contributed by atoms with Crippen molar-refractivity contribution in [2.24, 2.45) is 0 Å². The number of benzene rings is 1. The molecule has 1 aliphatic rings. The number of nitrogens with one attached hydrogen (secondary N) is 2. The summed E-state index contributed by atoms with van der Waals surface area (Å²) < 4.78 is 31.4. The van der Waals surface area contributed by atoms with Crippen molar-refractivity contribution in [1.29, 1.82) is 0 Å². The van der Waals surface area contributed by atoms with Crippen molar-refractivity contribution in [2.45, 2.75) is 26.2 Å². The summed E-state index contributed by atoms with van der Waals surface area (Å²) in [4.78, 5) is 27.3. The van der Waals surface area contributed by atoms with Gasteiger partial charge >= 0.3 is 6.03 Å². The molecule has 1 saturated heterocycles. The lowest BCUT2D eigenvalue weighted by Gasteiger charge is -2.19. The van der Waals surface area contributed by atoms with Crippen molar-refractivity contribution in [3.05, 3.63) is 45.8 Å². The number of furan rings is 1. The highest BCUT2D eigenvalue weighted by Crippen LogP contribution is 2.33. The minimum atomic E-state index is -3.43. The molecule has 0 atom stereocenters. The first kappa shape index (κ1) is 25.4. The Kier molecular flexibility index (Phi) is 7.33. The standard InChI is InChI=1S/C21H26Cl2N4O5S/c1-21(2,3)16-12-15(25-20(29)24-14-7-5-6-13(22)17(14)23)18(32-16)19(28)27-9-8-26(4)33(30,31)11-10-27/h5-7,12H,8-11H2,1-4H3,(H2,24,25,29). The topological polar surface area (TPSA) is 112 Å². The molecule has 1 fully saturated rings. The van der Waals surface area contributed by atoms with Crippen molar-refractivity contribution in [1.82, 2.24) is 9.21 Å². The van der Waals surface area contributed by atoms with Gasteiger partial charge in [-0.3, -0.25) is 4.79 Å². The maximum absolute atomic E-state index is 13.3. The van der Waals surface area contributed by atoms with Crippen LogP contribution in [0.25, 0.3) is 0 Å². The smallest absolute Gasteiger partial charge is 0.323 e. The average molecular weight is 517 g/mol. The van der Waals surface area contributed by atoms with Crippen LogP contribution in [0.15, 0.2) is 28.7 Å². The van der Waals surface area contributed by atoms with E-state index in [9.17, 15) is 18.0 Å². The molecule has 3 amide bonds. The summed E-state index contributed by atoms with van der Waals surface area (Å²) in [5, 5.41) is 5.70. The third kappa shape index (κ3) is 5.81. The summed E-state index contributed by atoms with van der Waals surface area (Å²) in [5.74, 6) is -0.290. The third-order valence-electron chi connectivity index (χ3n) is 5.18. The second kappa shape index (κ2) is 9.54. The highest BCUT2D eigenvalue weighted by molar-refractivity contribution is 7.89. The molecule has 1 aromatic heterocycles. The van der Waals surface area contributed by atoms with Gasteiger partial charge in [-0.2, -0.15) is 0 Å². The number of amides is 3. The van der Waals surface area contributed by atoms with Gasteiger partial charge in [0.2, 0.25) is 15.8 Å². The highest BCUT2D eigenvalue weighted by Gasteiger charge is 2.32. The summed E-state index contributed by atoms with van der Waals surface area (Å²) in [6.07, 6.45) is 0. The van der Waals surface area contributed by atoms with Gasteiger partial charge in [0.25, 0.3) is 5.91 Å². The van der Waals surface area contributed by atoms with E-state index in [0.717, 1.165) is 0 Å². The number of hydrogen-bond donors (Lipinski definition) is 2. The van der Waals surface area contributed by atoms with Gasteiger partial charge < -0.3 is 20.0 Å². The van der Waals surface area contributed by atoms with E-state index in [1.54, 1.807) is 24.3 Å². The van der Waals surface area contributed by atoms with Crippen LogP contribution >= 0.6 is 23.2 Å². The van der Waals surface area contributed by atoms with Crippen molar-refractivity contribution in [3.8, 4) is 0 Å². The third-order valence-corrected chi connectivity index (χ3v) is 7.83. The molecule has 2 heterocycles. The molecule has 1 aliphatic heterocycles. The monoisotopic (exact) mass is 516 g/mol. The molecule has 0 spiro atoms. The molecule has 0 unspecified atom stereocenters. The van der Waals surface area contributed by atoms with E-state index in [1.165, 1.54) is 16.3 Å². The van der Waals surface area contributed by atoms with Crippen LogP contribution in [0.3, 0.4) is 0 Å². The Morgan fingerprint density at radius 1 is 1.06 bits per heavy atom. The summed E-state index contributed by atoms with van der Waals surface area (Å²) in [5.41, 5.74) is 0.0280. The highest BCUT2D eigenvalue weighted by atomic mass is 35.5. The van der Waals surface area contributed by atoms with Gasteiger partial charge in [0.05, 0.1) is 27.2 Å². The summed E-state index contributed by atoms with van der Waals surface area (Å²) in [7, 11) is -1.95. The Morgan fingerprint density at radius 2 is 1.73 bits per heavy atom. The molecule has 12 heteroatoms. The fraction of sp³-hybridized carbons (Fsp3) is 0.429. The zero-order valence-corrected chi connectivity index (χ0v) is 21.1. The first-order valence-corrected chi connectivity index (χ1v) is 12.6. The van der Waals surface area contributed by atoms with E-state index in [-0.39, 0.29) is 46.9 Å². The Hall–Kier alpha value is -2.27. The predicted molar refractivity (Wildman–Crippen MR) is 129 cm³/mol. The molecule has 9 nitrogen and oxygen atoms in total. The molecule has 2 N–H and O–H groups in total. The quantitative estimate of drug-likeness (QED) is 0.633. The Balaban J connectivity index is 1.87. The minimum Gasteiger partial charge on any atom is -0.453 e. The number of halogens is 2. The molecular weight excluding hydrogens is 491 g/mol.